The van der Waals surface area contributed by atoms with E-state index >= 15 is 0 Å². The zero-order valence-electron chi connectivity index (χ0n) is 14.6. The van der Waals surface area contributed by atoms with Gasteiger partial charge in [-0.15, -0.1) is 0 Å². The highest BCUT2D eigenvalue weighted by atomic mass is 16.2. The minimum absolute atomic E-state index is 0.0835. The van der Waals surface area contributed by atoms with Crippen molar-refractivity contribution >= 4 is 5.91 Å². The molecule has 0 aromatic rings. The Bertz CT molecular complexity index is 325. The first-order valence-corrected chi connectivity index (χ1v) is 8.00. The Morgan fingerprint density at radius 3 is 2.10 bits per heavy atom. The number of amides is 1. The van der Waals surface area contributed by atoms with Crippen molar-refractivity contribution in [2.24, 2.45) is 10.8 Å². The highest BCUT2D eigenvalue weighted by Gasteiger charge is 2.29. The second-order valence-electron chi connectivity index (χ2n) is 8.78. The lowest BCUT2D eigenvalue weighted by Crippen LogP contribution is -2.54. The van der Waals surface area contributed by atoms with Crippen LogP contribution in [0, 0.1) is 10.8 Å². The lowest BCUT2D eigenvalue weighted by molar-refractivity contribution is -0.137. The summed E-state index contributed by atoms with van der Waals surface area (Å²) < 4.78 is 0. The van der Waals surface area contributed by atoms with E-state index in [1.165, 1.54) is 6.42 Å². The van der Waals surface area contributed by atoms with Gasteiger partial charge in [0.1, 0.15) is 0 Å². The van der Waals surface area contributed by atoms with Crippen LogP contribution < -0.4 is 0 Å². The van der Waals surface area contributed by atoms with Crippen molar-refractivity contribution in [1.29, 1.82) is 0 Å². The second-order valence-corrected chi connectivity index (χ2v) is 8.78. The van der Waals surface area contributed by atoms with E-state index in [0.29, 0.717) is 23.8 Å². The van der Waals surface area contributed by atoms with Crippen LogP contribution in [0.4, 0.5) is 0 Å². The Balaban J connectivity index is 2.45. The number of piperazine rings is 1. The lowest BCUT2D eigenvalue weighted by atomic mass is 9.91. The van der Waals surface area contributed by atoms with Crippen LogP contribution in [0.25, 0.3) is 0 Å². The number of hydrogen-bond acceptors (Lipinski definition) is 2. The zero-order chi connectivity index (χ0) is 15.6. The molecule has 118 valence electrons. The third-order valence-corrected chi connectivity index (χ3v) is 3.89. The zero-order valence-corrected chi connectivity index (χ0v) is 14.6. The van der Waals surface area contributed by atoms with Gasteiger partial charge < -0.3 is 4.90 Å². The molecular weight excluding hydrogens is 248 g/mol. The number of hydrogen-bond donors (Lipinski definition) is 0. The fourth-order valence-corrected chi connectivity index (χ4v) is 2.66. The van der Waals surface area contributed by atoms with Gasteiger partial charge >= 0.3 is 0 Å². The van der Waals surface area contributed by atoms with Gasteiger partial charge in [0.25, 0.3) is 0 Å². The molecule has 0 N–H and O–H groups in total. The van der Waals surface area contributed by atoms with Crippen LogP contribution in [0.15, 0.2) is 0 Å². The Morgan fingerprint density at radius 1 is 1.05 bits per heavy atom. The van der Waals surface area contributed by atoms with E-state index in [0.717, 1.165) is 26.2 Å². The van der Waals surface area contributed by atoms with Gasteiger partial charge in [0.2, 0.25) is 5.91 Å². The second kappa shape index (κ2) is 6.46. The highest BCUT2D eigenvalue weighted by molar-refractivity contribution is 5.77. The van der Waals surface area contributed by atoms with Crippen molar-refractivity contribution < 1.29 is 4.79 Å². The molecule has 0 aromatic carbocycles. The minimum Gasteiger partial charge on any atom is -0.337 e. The Kier molecular flexibility index (Phi) is 5.65. The molecular formula is C17H34N2O. The molecule has 0 unspecified atom stereocenters. The van der Waals surface area contributed by atoms with Crippen LogP contribution in [0.5, 0.6) is 0 Å². The maximum atomic E-state index is 12.4. The third-order valence-electron chi connectivity index (χ3n) is 3.89. The molecule has 3 nitrogen and oxygen atoms in total. The summed E-state index contributed by atoms with van der Waals surface area (Å²) in [5.74, 6) is 0.320. The highest BCUT2D eigenvalue weighted by Crippen LogP contribution is 2.23. The first-order valence-electron chi connectivity index (χ1n) is 8.00. The average Bonchev–Trinajstić information content (AvgIpc) is 2.22. The van der Waals surface area contributed by atoms with Crippen LogP contribution in [0.2, 0.25) is 0 Å². The van der Waals surface area contributed by atoms with Crippen molar-refractivity contribution in [3.05, 3.63) is 0 Å². The molecule has 1 atom stereocenters. The van der Waals surface area contributed by atoms with Crippen LogP contribution >= 0.6 is 0 Å². The van der Waals surface area contributed by atoms with Crippen LogP contribution in [0.1, 0.15) is 61.3 Å². The molecule has 1 rings (SSSR count). The van der Waals surface area contributed by atoms with E-state index in [9.17, 15) is 4.79 Å². The van der Waals surface area contributed by atoms with Crippen LogP contribution in [-0.4, -0.2) is 47.9 Å². The van der Waals surface area contributed by atoms with E-state index < -0.39 is 0 Å². The van der Waals surface area contributed by atoms with Gasteiger partial charge in [-0.05, 0) is 30.7 Å². The lowest BCUT2D eigenvalue weighted by Gasteiger charge is -2.41. The quantitative estimate of drug-likeness (QED) is 0.792. The summed E-state index contributed by atoms with van der Waals surface area (Å²) in [6.45, 7) is 19.5. The Morgan fingerprint density at radius 2 is 1.65 bits per heavy atom. The SMILES string of the molecule is C[C@H]1CN(CCC(C)(C)C)CCN1C(=O)CC(C)(C)C. The molecule has 3 heteroatoms. The molecule has 0 aromatic heterocycles. The molecule has 0 bridgehead atoms. The van der Waals surface area contributed by atoms with Crippen molar-refractivity contribution in [1.82, 2.24) is 9.80 Å². The van der Waals surface area contributed by atoms with Gasteiger partial charge in [0.15, 0.2) is 0 Å². The van der Waals surface area contributed by atoms with E-state index in [1.54, 1.807) is 0 Å². The summed E-state index contributed by atoms with van der Waals surface area (Å²) >= 11 is 0. The van der Waals surface area contributed by atoms with Crippen molar-refractivity contribution in [2.75, 3.05) is 26.2 Å². The van der Waals surface area contributed by atoms with Crippen LogP contribution in [0.3, 0.4) is 0 Å². The van der Waals surface area contributed by atoms with Gasteiger partial charge in [-0.2, -0.15) is 0 Å². The maximum Gasteiger partial charge on any atom is 0.223 e. The predicted octanol–water partition coefficient (Wildman–Crippen LogP) is 3.39. The fraction of sp³-hybridized carbons (Fsp3) is 0.941. The fourth-order valence-electron chi connectivity index (χ4n) is 2.66. The van der Waals surface area contributed by atoms with Gasteiger partial charge in [-0.1, -0.05) is 41.5 Å². The van der Waals surface area contributed by atoms with Crippen molar-refractivity contribution in [2.45, 2.75) is 67.3 Å². The summed E-state index contributed by atoms with van der Waals surface area (Å²) in [4.78, 5) is 16.9. The monoisotopic (exact) mass is 282 g/mol. The van der Waals surface area contributed by atoms with Gasteiger partial charge in [-0.3, -0.25) is 9.69 Å². The maximum absolute atomic E-state index is 12.4. The summed E-state index contributed by atoms with van der Waals surface area (Å²) in [5, 5.41) is 0. The summed E-state index contributed by atoms with van der Waals surface area (Å²) in [7, 11) is 0. The third kappa shape index (κ3) is 6.25. The number of rotatable bonds is 3. The smallest absolute Gasteiger partial charge is 0.223 e. The van der Waals surface area contributed by atoms with Crippen molar-refractivity contribution in [3.63, 3.8) is 0 Å². The van der Waals surface area contributed by atoms with E-state index in [-0.39, 0.29) is 5.41 Å². The number of nitrogens with zero attached hydrogens (tertiary/aromatic N) is 2. The molecule has 1 amide bonds. The largest absolute Gasteiger partial charge is 0.337 e. The predicted molar refractivity (Wildman–Crippen MR) is 85.8 cm³/mol. The minimum atomic E-state index is 0.0835. The van der Waals surface area contributed by atoms with Gasteiger partial charge in [-0.25, -0.2) is 0 Å². The average molecular weight is 282 g/mol. The number of carbonyl (C=O) groups excluding carboxylic acids is 1. The topological polar surface area (TPSA) is 23.6 Å². The van der Waals surface area contributed by atoms with Gasteiger partial charge in [0.05, 0.1) is 0 Å². The molecule has 1 heterocycles. The Labute approximate surface area is 125 Å². The molecule has 1 aliphatic rings. The standard InChI is InChI=1S/C17H34N2O/c1-14-13-18(9-8-16(2,3)4)10-11-19(14)15(20)12-17(5,6)7/h14H,8-13H2,1-7H3/t14-/m0/s1. The summed E-state index contributed by atoms with van der Waals surface area (Å²) in [6.07, 6.45) is 1.87. The van der Waals surface area contributed by atoms with E-state index in [2.05, 4.69) is 58.3 Å². The molecule has 0 radical (unpaired) electrons. The first-order chi connectivity index (χ1) is 8.98. The van der Waals surface area contributed by atoms with E-state index in [1.807, 2.05) is 0 Å². The van der Waals surface area contributed by atoms with Crippen molar-refractivity contribution in [3.8, 4) is 0 Å². The summed E-state index contributed by atoms with van der Waals surface area (Å²) in [5.41, 5.74) is 0.475. The normalized spacial score (nSPS) is 22.1. The molecule has 0 saturated carbocycles. The molecule has 1 fully saturated rings. The Hall–Kier alpha value is -0.570. The molecule has 1 saturated heterocycles. The van der Waals surface area contributed by atoms with E-state index in [4.69, 9.17) is 0 Å². The molecule has 0 aliphatic carbocycles. The molecule has 0 spiro atoms. The molecule has 1 aliphatic heterocycles. The first kappa shape index (κ1) is 17.5. The van der Waals surface area contributed by atoms with Gasteiger partial charge in [0, 0.05) is 32.1 Å². The molecule has 20 heavy (non-hydrogen) atoms. The summed E-state index contributed by atoms with van der Waals surface area (Å²) in [6, 6.07) is 0.346. The van der Waals surface area contributed by atoms with Crippen LogP contribution in [-0.2, 0) is 4.79 Å². The number of carbonyl (C=O) groups is 1.